The number of aromatic nitrogens is 2. The first-order valence-electron chi connectivity index (χ1n) is 8.20. The molecule has 1 aromatic heterocycles. The van der Waals surface area contributed by atoms with Crippen LogP contribution < -0.4 is 4.74 Å². The molecule has 2 aromatic rings. The summed E-state index contributed by atoms with van der Waals surface area (Å²) in [7, 11) is 1.42. The molecule has 0 N–H and O–H groups in total. The van der Waals surface area contributed by atoms with Gasteiger partial charge in [-0.15, -0.1) is 5.10 Å². The van der Waals surface area contributed by atoms with E-state index in [2.05, 4.69) is 10.2 Å². The summed E-state index contributed by atoms with van der Waals surface area (Å²) >= 11 is 0. The summed E-state index contributed by atoms with van der Waals surface area (Å²) in [6.07, 6.45) is -1.07. The van der Waals surface area contributed by atoms with E-state index in [0.29, 0.717) is 0 Å². The molecular formula is C18H19F2N3O3. The average Bonchev–Trinajstić information content (AvgIpc) is 2.67. The lowest BCUT2D eigenvalue weighted by atomic mass is 9.90. The van der Waals surface area contributed by atoms with Crippen LogP contribution in [0, 0.1) is 0 Å². The summed E-state index contributed by atoms with van der Waals surface area (Å²) in [6.45, 7) is -0.151. The number of carbonyl (C=O) groups excluding carboxylic acids is 1. The van der Waals surface area contributed by atoms with Gasteiger partial charge in [-0.2, -0.15) is 5.10 Å². The van der Waals surface area contributed by atoms with Crippen molar-refractivity contribution in [1.82, 2.24) is 15.1 Å². The number of halogens is 2. The van der Waals surface area contributed by atoms with Gasteiger partial charge in [0, 0.05) is 25.6 Å². The van der Waals surface area contributed by atoms with E-state index in [1.165, 1.54) is 24.1 Å². The molecule has 138 valence electrons. The van der Waals surface area contributed by atoms with E-state index in [9.17, 15) is 13.6 Å². The number of likely N-dealkylation sites (tertiary alicyclic amines) is 1. The SMILES string of the molecule is COc1ccc([C@@H]2CN(C(=O)OCc3ccccc3)CCC2(F)F)nn1. The predicted octanol–water partition coefficient (Wildman–Crippen LogP) is 3.25. The van der Waals surface area contributed by atoms with Gasteiger partial charge in [0.25, 0.3) is 5.92 Å². The van der Waals surface area contributed by atoms with Crippen LogP contribution in [-0.4, -0.2) is 47.3 Å². The lowest BCUT2D eigenvalue weighted by Crippen LogP contribution is -2.48. The zero-order valence-electron chi connectivity index (χ0n) is 14.3. The number of alkyl halides is 2. The van der Waals surface area contributed by atoms with Gasteiger partial charge in [0.2, 0.25) is 5.88 Å². The van der Waals surface area contributed by atoms with Gasteiger partial charge in [-0.25, -0.2) is 13.6 Å². The molecule has 0 spiro atoms. The van der Waals surface area contributed by atoms with Crippen molar-refractivity contribution in [1.29, 1.82) is 0 Å². The molecule has 1 aromatic carbocycles. The normalized spacial score (nSPS) is 19.0. The first-order chi connectivity index (χ1) is 12.5. The maximum Gasteiger partial charge on any atom is 0.410 e. The van der Waals surface area contributed by atoms with Crippen LogP contribution in [0.1, 0.15) is 23.6 Å². The first-order valence-corrected chi connectivity index (χ1v) is 8.20. The number of methoxy groups -OCH3 is 1. The molecule has 1 fully saturated rings. The summed E-state index contributed by atoms with van der Waals surface area (Å²) in [5, 5.41) is 7.57. The highest BCUT2D eigenvalue weighted by molar-refractivity contribution is 5.68. The quantitative estimate of drug-likeness (QED) is 0.834. The van der Waals surface area contributed by atoms with Crippen LogP contribution in [0.4, 0.5) is 13.6 Å². The highest BCUT2D eigenvalue weighted by Crippen LogP contribution is 2.39. The van der Waals surface area contributed by atoms with Crippen LogP contribution in [0.15, 0.2) is 42.5 Å². The average molecular weight is 363 g/mol. The number of hydrogen-bond donors (Lipinski definition) is 0. The monoisotopic (exact) mass is 363 g/mol. The fourth-order valence-corrected chi connectivity index (χ4v) is 2.81. The molecule has 0 unspecified atom stereocenters. The Morgan fingerprint density at radius 1 is 1.23 bits per heavy atom. The molecule has 0 saturated carbocycles. The molecular weight excluding hydrogens is 344 g/mol. The Hall–Kier alpha value is -2.77. The van der Waals surface area contributed by atoms with Crippen molar-refractivity contribution in [3.63, 3.8) is 0 Å². The second-order valence-corrected chi connectivity index (χ2v) is 6.05. The molecule has 2 heterocycles. The van der Waals surface area contributed by atoms with Crippen LogP contribution in [0.3, 0.4) is 0 Å². The number of nitrogens with zero attached hydrogens (tertiary/aromatic N) is 3. The van der Waals surface area contributed by atoms with E-state index >= 15 is 0 Å². The largest absolute Gasteiger partial charge is 0.480 e. The summed E-state index contributed by atoms with van der Waals surface area (Å²) < 4.78 is 38.8. The second kappa shape index (κ2) is 7.63. The molecule has 3 rings (SSSR count). The highest BCUT2D eigenvalue weighted by Gasteiger charge is 2.47. The minimum atomic E-state index is -2.97. The zero-order valence-corrected chi connectivity index (χ0v) is 14.3. The topological polar surface area (TPSA) is 64.5 Å². The smallest absolute Gasteiger partial charge is 0.410 e. The van der Waals surface area contributed by atoms with Crippen molar-refractivity contribution in [2.45, 2.75) is 24.9 Å². The van der Waals surface area contributed by atoms with Gasteiger partial charge in [0.15, 0.2) is 0 Å². The van der Waals surface area contributed by atoms with Crippen molar-refractivity contribution in [2.24, 2.45) is 0 Å². The number of hydrogen-bond acceptors (Lipinski definition) is 5. The number of rotatable bonds is 4. The maximum absolute atomic E-state index is 14.3. The van der Waals surface area contributed by atoms with Crippen LogP contribution in [0.25, 0.3) is 0 Å². The third-order valence-corrected chi connectivity index (χ3v) is 4.32. The van der Waals surface area contributed by atoms with E-state index in [0.717, 1.165) is 5.56 Å². The zero-order chi connectivity index (χ0) is 18.6. The second-order valence-electron chi connectivity index (χ2n) is 6.05. The molecule has 0 radical (unpaired) electrons. The Balaban J connectivity index is 1.67. The van der Waals surface area contributed by atoms with Crippen LogP contribution in [0.5, 0.6) is 5.88 Å². The minimum Gasteiger partial charge on any atom is -0.480 e. The Morgan fingerprint density at radius 2 is 2.00 bits per heavy atom. The Labute approximate surface area is 149 Å². The van der Waals surface area contributed by atoms with E-state index in [4.69, 9.17) is 9.47 Å². The highest BCUT2D eigenvalue weighted by atomic mass is 19.3. The molecule has 26 heavy (non-hydrogen) atoms. The molecule has 0 bridgehead atoms. The molecule has 0 aliphatic carbocycles. The van der Waals surface area contributed by atoms with Crippen LogP contribution in [-0.2, 0) is 11.3 Å². The Kier molecular flexibility index (Phi) is 5.29. The fraction of sp³-hybridized carbons (Fsp3) is 0.389. The number of amides is 1. The lowest BCUT2D eigenvalue weighted by Gasteiger charge is -2.37. The lowest BCUT2D eigenvalue weighted by molar-refractivity contribution is -0.0741. The van der Waals surface area contributed by atoms with Crippen LogP contribution in [0.2, 0.25) is 0 Å². The molecule has 1 aliphatic rings. The van der Waals surface area contributed by atoms with Gasteiger partial charge in [-0.05, 0) is 11.6 Å². The van der Waals surface area contributed by atoms with E-state index in [-0.39, 0.29) is 31.3 Å². The van der Waals surface area contributed by atoms with E-state index in [1.54, 1.807) is 0 Å². The molecule has 6 nitrogen and oxygen atoms in total. The first kappa shape index (κ1) is 18.0. The van der Waals surface area contributed by atoms with Gasteiger partial charge in [-0.3, -0.25) is 0 Å². The van der Waals surface area contributed by atoms with Gasteiger partial charge in [0.1, 0.15) is 6.61 Å². The third-order valence-electron chi connectivity index (χ3n) is 4.32. The van der Waals surface area contributed by atoms with E-state index < -0.39 is 24.4 Å². The number of piperidine rings is 1. The molecule has 8 heteroatoms. The standard InChI is InChI=1S/C18H19F2N3O3/c1-25-16-8-7-15(21-22-16)14-11-23(10-9-18(14,19)20)17(24)26-12-13-5-3-2-4-6-13/h2-8,14H,9-12H2,1H3/t14-/m0/s1. The van der Waals surface area contributed by atoms with Gasteiger partial charge >= 0.3 is 6.09 Å². The van der Waals surface area contributed by atoms with Crippen molar-refractivity contribution in [2.75, 3.05) is 20.2 Å². The third kappa shape index (κ3) is 4.07. The minimum absolute atomic E-state index is 0.0687. The van der Waals surface area contributed by atoms with Crippen molar-refractivity contribution >= 4 is 6.09 Å². The number of ether oxygens (including phenoxy) is 2. The molecule has 1 amide bonds. The summed E-state index contributed by atoms with van der Waals surface area (Å²) in [4.78, 5) is 13.6. The number of benzene rings is 1. The van der Waals surface area contributed by atoms with Crippen molar-refractivity contribution in [3.8, 4) is 5.88 Å². The molecule has 1 atom stereocenters. The Morgan fingerprint density at radius 3 is 2.65 bits per heavy atom. The summed E-state index contributed by atoms with van der Waals surface area (Å²) in [5.74, 6) is -3.97. The molecule has 1 saturated heterocycles. The van der Waals surface area contributed by atoms with E-state index in [1.807, 2.05) is 30.3 Å². The number of carbonyl (C=O) groups is 1. The molecule has 1 aliphatic heterocycles. The van der Waals surface area contributed by atoms with Gasteiger partial charge < -0.3 is 14.4 Å². The fourth-order valence-electron chi connectivity index (χ4n) is 2.81. The van der Waals surface area contributed by atoms with Crippen LogP contribution >= 0.6 is 0 Å². The van der Waals surface area contributed by atoms with Crippen molar-refractivity contribution < 1.29 is 23.0 Å². The summed E-state index contributed by atoms with van der Waals surface area (Å²) in [6, 6.07) is 12.1. The summed E-state index contributed by atoms with van der Waals surface area (Å²) in [5.41, 5.74) is 0.956. The van der Waals surface area contributed by atoms with Gasteiger partial charge in [0.05, 0.1) is 18.7 Å². The maximum atomic E-state index is 14.3. The van der Waals surface area contributed by atoms with Gasteiger partial charge in [-0.1, -0.05) is 30.3 Å². The van der Waals surface area contributed by atoms with Crippen molar-refractivity contribution in [3.05, 3.63) is 53.7 Å². The predicted molar refractivity (Wildman–Crippen MR) is 89.1 cm³/mol. The Bertz CT molecular complexity index is 741.